The fraction of sp³-hybridized carbons (Fsp3) is 0.353. The molecule has 134 valence electrons. The molecule has 8 heteroatoms. The third kappa shape index (κ3) is 4.56. The molecule has 0 aliphatic heterocycles. The van der Waals surface area contributed by atoms with Crippen LogP contribution in [0, 0.1) is 6.92 Å². The molecule has 0 unspecified atom stereocenters. The van der Waals surface area contributed by atoms with E-state index in [1.807, 2.05) is 6.92 Å². The van der Waals surface area contributed by atoms with Gasteiger partial charge < -0.3 is 16.4 Å². The summed E-state index contributed by atoms with van der Waals surface area (Å²) >= 11 is 1.43. The molecule has 1 aliphatic carbocycles. The monoisotopic (exact) mass is 380 g/mol. The zero-order chi connectivity index (χ0) is 17.1. The highest BCUT2D eigenvalue weighted by Gasteiger charge is 2.16. The standard InChI is InChI=1S/C17H20N4O2S.ClH/c1-10-16(13-6-5-11-3-2-4-12(11)7-13)21-17(24-10)20-15(23)9-19-14(22)8-18;/h5-7H,2-4,8-9,18H2,1H3,(H,19,22)(H,20,21,23);1H. The van der Waals surface area contributed by atoms with Gasteiger partial charge >= 0.3 is 0 Å². The average molecular weight is 381 g/mol. The first-order valence-corrected chi connectivity index (χ1v) is 8.74. The SMILES string of the molecule is Cc1sc(NC(=O)CNC(=O)CN)nc1-c1ccc2c(c1)CCC2.Cl. The Hall–Kier alpha value is -1.96. The first-order chi connectivity index (χ1) is 11.6. The average Bonchev–Trinajstić information content (AvgIpc) is 3.18. The van der Waals surface area contributed by atoms with Crippen LogP contribution in [-0.2, 0) is 22.4 Å². The number of fused-ring (bicyclic) bond motifs is 1. The van der Waals surface area contributed by atoms with Crippen molar-refractivity contribution in [3.05, 3.63) is 34.2 Å². The zero-order valence-corrected chi connectivity index (χ0v) is 15.6. The molecule has 1 aromatic carbocycles. The maximum absolute atomic E-state index is 11.8. The van der Waals surface area contributed by atoms with Gasteiger partial charge in [0.15, 0.2) is 5.13 Å². The number of aromatic nitrogens is 1. The maximum Gasteiger partial charge on any atom is 0.245 e. The summed E-state index contributed by atoms with van der Waals surface area (Å²) in [5.41, 5.74) is 9.99. The van der Waals surface area contributed by atoms with Crippen LogP contribution >= 0.6 is 23.7 Å². The number of hydrogen-bond acceptors (Lipinski definition) is 5. The molecule has 2 amide bonds. The second kappa shape index (κ2) is 8.42. The Balaban J connectivity index is 0.00000225. The Morgan fingerprint density at radius 1 is 1.24 bits per heavy atom. The number of aryl methyl sites for hydroxylation is 3. The Morgan fingerprint density at radius 2 is 2.00 bits per heavy atom. The van der Waals surface area contributed by atoms with Gasteiger partial charge in [-0.1, -0.05) is 12.1 Å². The summed E-state index contributed by atoms with van der Waals surface area (Å²) in [6.45, 7) is 1.75. The second-order valence-corrected chi connectivity index (χ2v) is 6.99. The lowest BCUT2D eigenvalue weighted by molar-refractivity contribution is -0.123. The molecule has 1 heterocycles. The molecule has 0 fully saturated rings. The minimum Gasteiger partial charge on any atom is -0.346 e. The molecule has 0 spiro atoms. The lowest BCUT2D eigenvalue weighted by Crippen LogP contribution is -2.36. The van der Waals surface area contributed by atoms with Gasteiger partial charge in [-0.2, -0.15) is 0 Å². The van der Waals surface area contributed by atoms with E-state index in [-0.39, 0.29) is 37.3 Å². The van der Waals surface area contributed by atoms with Gasteiger partial charge in [-0.25, -0.2) is 4.98 Å². The number of thiazole rings is 1. The number of halogens is 1. The van der Waals surface area contributed by atoms with E-state index in [4.69, 9.17) is 5.73 Å². The first-order valence-electron chi connectivity index (χ1n) is 7.93. The van der Waals surface area contributed by atoms with Gasteiger partial charge in [0, 0.05) is 10.4 Å². The van der Waals surface area contributed by atoms with Crippen LogP contribution in [0.4, 0.5) is 5.13 Å². The van der Waals surface area contributed by atoms with Crippen LogP contribution in [-0.4, -0.2) is 29.9 Å². The van der Waals surface area contributed by atoms with Crippen molar-refractivity contribution >= 4 is 40.7 Å². The highest BCUT2D eigenvalue weighted by atomic mass is 35.5. The first kappa shape index (κ1) is 19.4. The highest BCUT2D eigenvalue weighted by molar-refractivity contribution is 7.16. The summed E-state index contributed by atoms with van der Waals surface area (Å²) in [7, 11) is 0. The molecular formula is C17H21ClN4O2S. The van der Waals surface area contributed by atoms with Crippen molar-refractivity contribution in [2.45, 2.75) is 26.2 Å². The van der Waals surface area contributed by atoms with Gasteiger partial charge in [-0.15, -0.1) is 23.7 Å². The normalized spacial score (nSPS) is 12.2. The van der Waals surface area contributed by atoms with E-state index in [1.54, 1.807) is 0 Å². The number of nitrogens with zero attached hydrogens (tertiary/aromatic N) is 1. The topological polar surface area (TPSA) is 97.1 Å². The number of anilines is 1. The van der Waals surface area contributed by atoms with E-state index in [1.165, 1.54) is 28.9 Å². The zero-order valence-electron chi connectivity index (χ0n) is 13.9. The molecule has 0 saturated heterocycles. The van der Waals surface area contributed by atoms with Crippen molar-refractivity contribution in [3.8, 4) is 11.3 Å². The van der Waals surface area contributed by atoms with Gasteiger partial charge in [0.25, 0.3) is 0 Å². The number of carbonyl (C=O) groups excluding carboxylic acids is 2. The Morgan fingerprint density at radius 3 is 2.76 bits per heavy atom. The summed E-state index contributed by atoms with van der Waals surface area (Å²) in [5.74, 6) is -0.676. The van der Waals surface area contributed by atoms with Crippen molar-refractivity contribution in [1.82, 2.24) is 10.3 Å². The Labute approximate surface area is 156 Å². The van der Waals surface area contributed by atoms with Crippen LogP contribution in [0.15, 0.2) is 18.2 Å². The van der Waals surface area contributed by atoms with Gasteiger partial charge in [0.2, 0.25) is 11.8 Å². The summed E-state index contributed by atoms with van der Waals surface area (Å²) in [5, 5.41) is 5.69. The smallest absolute Gasteiger partial charge is 0.245 e. The molecule has 2 aromatic rings. The molecule has 3 rings (SSSR count). The molecule has 0 radical (unpaired) electrons. The number of hydrogen-bond donors (Lipinski definition) is 3. The number of nitrogens with one attached hydrogen (secondary N) is 2. The van der Waals surface area contributed by atoms with Gasteiger partial charge in [0.1, 0.15) is 0 Å². The second-order valence-electron chi connectivity index (χ2n) is 5.79. The third-order valence-electron chi connectivity index (χ3n) is 4.05. The largest absolute Gasteiger partial charge is 0.346 e. The fourth-order valence-electron chi connectivity index (χ4n) is 2.85. The summed E-state index contributed by atoms with van der Waals surface area (Å²) in [6.07, 6.45) is 3.49. The van der Waals surface area contributed by atoms with E-state index in [0.29, 0.717) is 5.13 Å². The van der Waals surface area contributed by atoms with Crippen LogP contribution in [0.25, 0.3) is 11.3 Å². The lowest BCUT2D eigenvalue weighted by atomic mass is 10.0. The quantitative estimate of drug-likeness (QED) is 0.739. The molecule has 1 aromatic heterocycles. The number of rotatable bonds is 5. The minimum atomic E-state index is -0.362. The van der Waals surface area contributed by atoms with Crippen LogP contribution < -0.4 is 16.4 Å². The summed E-state index contributed by atoms with van der Waals surface area (Å²) in [4.78, 5) is 28.5. The highest BCUT2D eigenvalue weighted by Crippen LogP contribution is 2.33. The molecule has 25 heavy (non-hydrogen) atoms. The van der Waals surface area contributed by atoms with Crippen LogP contribution in [0.3, 0.4) is 0 Å². The number of amides is 2. The van der Waals surface area contributed by atoms with Crippen LogP contribution in [0.5, 0.6) is 0 Å². The molecule has 4 N–H and O–H groups in total. The number of nitrogens with two attached hydrogens (primary N) is 1. The van der Waals surface area contributed by atoms with Crippen molar-refractivity contribution in [3.63, 3.8) is 0 Å². The van der Waals surface area contributed by atoms with Crippen molar-refractivity contribution < 1.29 is 9.59 Å². The molecule has 6 nitrogen and oxygen atoms in total. The van der Waals surface area contributed by atoms with Crippen LogP contribution in [0.2, 0.25) is 0 Å². The Kier molecular flexibility index (Phi) is 6.52. The summed E-state index contributed by atoms with van der Waals surface area (Å²) in [6, 6.07) is 6.48. The molecule has 0 bridgehead atoms. The van der Waals surface area contributed by atoms with E-state index in [9.17, 15) is 9.59 Å². The number of carbonyl (C=O) groups is 2. The van der Waals surface area contributed by atoms with E-state index < -0.39 is 0 Å². The number of benzene rings is 1. The van der Waals surface area contributed by atoms with Gasteiger partial charge in [0.05, 0.1) is 18.8 Å². The Bertz CT molecular complexity index is 791. The van der Waals surface area contributed by atoms with Crippen molar-refractivity contribution in [2.75, 3.05) is 18.4 Å². The van der Waals surface area contributed by atoms with E-state index in [2.05, 4.69) is 33.8 Å². The molecular weight excluding hydrogens is 360 g/mol. The minimum absolute atomic E-state index is 0. The van der Waals surface area contributed by atoms with E-state index >= 15 is 0 Å². The maximum atomic E-state index is 11.8. The molecule has 1 aliphatic rings. The van der Waals surface area contributed by atoms with Gasteiger partial charge in [-0.3, -0.25) is 9.59 Å². The van der Waals surface area contributed by atoms with Gasteiger partial charge in [-0.05, 0) is 43.4 Å². The molecule has 0 saturated carbocycles. The predicted molar refractivity (Wildman–Crippen MR) is 102 cm³/mol. The fourth-order valence-corrected chi connectivity index (χ4v) is 3.70. The van der Waals surface area contributed by atoms with Crippen molar-refractivity contribution in [2.24, 2.45) is 5.73 Å². The van der Waals surface area contributed by atoms with Crippen LogP contribution in [0.1, 0.15) is 22.4 Å². The van der Waals surface area contributed by atoms with Crippen molar-refractivity contribution in [1.29, 1.82) is 0 Å². The lowest BCUT2D eigenvalue weighted by Gasteiger charge is -2.04. The predicted octanol–water partition coefficient (Wildman–Crippen LogP) is 2.04. The molecule has 0 atom stereocenters. The van der Waals surface area contributed by atoms with E-state index in [0.717, 1.165) is 29.0 Å². The third-order valence-corrected chi connectivity index (χ3v) is 4.93. The summed E-state index contributed by atoms with van der Waals surface area (Å²) < 4.78 is 0.